The number of hydrogen-bond donors (Lipinski definition) is 1. The number of halogens is 1. The largest absolute Gasteiger partial charge is 0.285 e. The SMILES string of the molecule is C=Cc1ccc(Br)cc1C(CCC)S(=O)(=O)O. The highest BCUT2D eigenvalue weighted by Crippen LogP contribution is 2.31. The van der Waals surface area contributed by atoms with Crippen molar-refractivity contribution < 1.29 is 13.0 Å². The molecule has 1 unspecified atom stereocenters. The molecule has 94 valence electrons. The fourth-order valence-corrected chi connectivity index (χ4v) is 3.17. The van der Waals surface area contributed by atoms with E-state index in [9.17, 15) is 13.0 Å². The highest BCUT2D eigenvalue weighted by molar-refractivity contribution is 9.10. The summed E-state index contributed by atoms with van der Waals surface area (Å²) in [6.45, 7) is 5.53. The third kappa shape index (κ3) is 3.66. The van der Waals surface area contributed by atoms with E-state index in [2.05, 4.69) is 22.5 Å². The number of hydrogen-bond acceptors (Lipinski definition) is 2. The molecule has 0 aliphatic rings. The Hall–Kier alpha value is -0.650. The topological polar surface area (TPSA) is 54.4 Å². The van der Waals surface area contributed by atoms with Crippen LogP contribution in [0.4, 0.5) is 0 Å². The van der Waals surface area contributed by atoms with Gasteiger partial charge in [0.15, 0.2) is 0 Å². The van der Waals surface area contributed by atoms with Gasteiger partial charge in [0.25, 0.3) is 10.1 Å². The van der Waals surface area contributed by atoms with Crippen molar-refractivity contribution in [1.29, 1.82) is 0 Å². The molecule has 0 aliphatic carbocycles. The molecular weight excluding hydrogens is 304 g/mol. The Morgan fingerprint density at radius 1 is 1.53 bits per heavy atom. The standard InChI is InChI=1S/C12H15BrO3S/c1-3-5-12(17(14,15)16)11-8-10(13)7-6-9(11)4-2/h4,6-8,12H,2-3,5H2,1H3,(H,14,15,16). The van der Waals surface area contributed by atoms with Crippen molar-refractivity contribution in [3.8, 4) is 0 Å². The molecule has 1 aromatic carbocycles. The van der Waals surface area contributed by atoms with E-state index in [0.29, 0.717) is 18.4 Å². The highest BCUT2D eigenvalue weighted by atomic mass is 79.9. The molecule has 0 amide bonds. The van der Waals surface area contributed by atoms with Crippen LogP contribution in [-0.4, -0.2) is 13.0 Å². The maximum Gasteiger partial charge on any atom is 0.272 e. The van der Waals surface area contributed by atoms with Crippen LogP contribution in [0.5, 0.6) is 0 Å². The highest BCUT2D eigenvalue weighted by Gasteiger charge is 2.26. The van der Waals surface area contributed by atoms with Crippen molar-refractivity contribution in [2.45, 2.75) is 25.0 Å². The molecule has 0 radical (unpaired) electrons. The first-order valence-electron chi connectivity index (χ1n) is 5.28. The van der Waals surface area contributed by atoms with Gasteiger partial charge in [-0.25, -0.2) is 0 Å². The van der Waals surface area contributed by atoms with Gasteiger partial charge in [0, 0.05) is 4.47 Å². The van der Waals surface area contributed by atoms with Gasteiger partial charge in [0.05, 0.1) is 0 Å². The lowest BCUT2D eigenvalue weighted by atomic mass is 10.0. The van der Waals surface area contributed by atoms with Crippen molar-refractivity contribution in [3.63, 3.8) is 0 Å². The first-order valence-corrected chi connectivity index (χ1v) is 7.58. The van der Waals surface area contributed by atoms with Crippen LogP contribution in [0.1, 0.15) is 36.1 Å². The molecule has 3 nitrogen and oxygen atoms in total. The molecule has 0 aliphatic heterocycles. The molecule has 1 atom stereocenters. The van der Waals surface area contributed by atoms with E-state index in [1.165, 1.54) is 0 Å². The van der Waals surface area contributed by atoms with Gasteiger partial charge < -0.3 is 0 Å². The van der Waals surface area contributed by atoms with Gasteiger partial charge >= 0.3 is 0 Å². The van der Waals surface area contributed by atoms with Gasteiger partial charge in [-0.3, -0.25) is 4.55 Å². The molecule has 1 rings (SSSR count). The van der Waals surface area contributed by atoms with Crippen LogP contribution in [0.25, 0.3) is 6.08 Å². The van der Waals surface area contributed by atoms with E-state index in [4.69, 9.17) is 0 Å². The summed E-state index contributed by atoms with van der Waals surface area (Å²) in [6.07, 6.45) is 2.65. The monoisotopic (exact) mass is 318 g/mol. The molecular formula is C12H15BrO3S. The smallest absolute Gasteiger partial charge is 0.272 e. The Balaban J connectivity index is 3.36. The summed E-state index contributed by atoms with van der Waals surface area (Å²) in [5, 5.41) is -0.891. The quantitative estimate of drug-likeness (QED) is 0.839. The fraction of sp³-hybridized carbons (Fsp3) is 0.333. The average molecular weight is 319 g/mol. The molecule has 0 saturated carbocycles. The van der Waals surface area contributed by atoms with Gasteiger partial charge in [0.2, 0.25) is 0 Å². The van der Waals surface area contributed by atoms with Crippen LogP contribution in [0.3, 0.4) is 0 Å². The average Bonchev–Trinajstić information content (AvgIpc) is 2.24. The summed E-state index contributed by atoms with van der Waals surface area (Å²) < 4.78 is 32.9. The molecule has 0 spiro atoms. The van der Waals surface area contributed by atoms with E-state index in [1.807, 2.05) is 13.0 Å². The van der Waals surface area contributed by atoms with Crippen LogP contribution in [0.15, 0.2) is 29.3 Å². The molecule has 0 aromatic heterocycles. The summed E-state index contributed by atoms with van der Waals surface area (Å²) >= 11 is 3.30. The Labute approximate surface area is 110 Å². The lowest BCUT2D eigenvalue weighted by Crippen LogP contribution is -2.13. The molecule has 0 bridgehead atoms. The van der Waals surface area contributed by atoms with E-state index < -0.39 is 15.4 Å². The predicted molar refractivity (Wildman–Crippen MR) is 73.4 cm³/mol. The van der Waals surface area contributed by atoms with Gasteiger partial charge in [-0.2, -0.15) is 8.42 Å². The molecule has 0 heterocycles. The molecule has 0 fully saturated rings. The first kappa shape index (κ1) is 14.4. The summed E-state index contributed by atoms with van der Waals surface area (Å²) in [5.74, 6) is 0. The van der Waals surface area contributed by atoms with Gasteiger partial charge in [-0.15, -0.1) is 0 Å². The molecule has 1 aromatic rings. The van der Waals surface area contributed by atoms with Crippen molar-refractivity contribution in [2.75, 3.05) is 0 Å². The third-order valence-electron chi connectivity index (χ3n) is 2.53. The minimum atomic E-state index is -4.10. The van der Waals surface area contributed by atoms with Crippen molar-refractivity contribution >= 4 is 32.1 Å². The van der Waals surface area contributed by atoms with Gasteiger partial charge in [-0.05, 0) is 29.7 Å². The Morgan fingerprint density at radius 3 is 2.65 bits per heavy atom. The Morgan fingerprint density at radius 2 is 2.18 bits per heavy atom. The zero-order valence-electron chi connectivity index (χ0n) is 9.56. The van der Waals surface area contributed by atoms with Crippen molar-refractivity contribution in [3.05, 3.63) is 40.4 Å². The van der Waals surface area contributed by atoms with Crippen LogP contribution in [0, 0.1) is 0 Å². The lowest BCUT2D eigenvalue weighted by molar-refractivity contribution is 0.463. The zero-order valence-corrected chi connectivity index (χ0v) is 12.0. The predicted octanol–water partition coefficient (Wildman–Crippen LogP) is 3.82. The second kappa shape index (κ2) is 5.80. The van der Waals surface area contributed by atoms with E-state index in [-0.39, 0.29) is 0 Å². The third-order valence-corrected chi connectivity index (χ3v) is 4.23. The van der Waals surface area contributed by atoms with E-state index in [0.717, 1.165) is 10.0 Å². The number of rotatable bonds is 5. The van der Waals surface area contributed by atoms with Gasteiger partial charge in [0.1, 0.15) is 5.25 Å². The van der Waals surface area contributed by atoms with Crippen LogP contribution < -0.4 is 0 Å². The Kier molecular flexibility index (Phi) is 4.91. The van der Waals surface area contributed by atoms with Crippen LogP contribution in [-0.2, 0) is 10.1 Å². The number of benzene rings is 1. The molecule has 17 heavy (non-hydrogen) atoms. The lowest BCUT2D eigenvalue weighted by Gasteiger charge is -2.16. The van der Waals surface area contributed by atoms with Crippen molar-refractivity contribution in [2.24, 2.45) is 0 Å². The minimum absolute atomic E-state index is 0.385. The summed E-state index contributed by atoms with van der Waals surface area (Å²) in [4.78, 5) is 0. The second-order valence-corrected chi connectivity index (χ2v) is 6.28. The molecule has 1 N–H and O–H groups in total. The summed E-state index contributed by atoms with van der Waals surface area (Å²) in [5.41, 5.74) is 1.31. The fourth-order valence-electron chi connectivity index (χ4n) is 1.74. The van der Waals surface area contributed by atoms with Crippen molar-refractivity contribution in [1.82, 2.24) is 0 Å². The van der Waals surface area contributed by atoms with E-state index >= 15 is 0 Å². The summed E-state index contributed by atoms with van der Waals surface area (Å²) in [7, 11) is -4.10. The second-order valence-electron chi connectivity index (χ2n) is 3.77. The summed E-state index contributed by atoms with van der Waals surface area (Å²) in [6, 6.07) is 5.30. The molecule has 0 saturated heterocycles. The minimum Gasteiger partial charge on any atom is -0.285 e. The maximum atomic E-state index is 11.4. The Bertz CT molecular complexity index is 508. The maximum absolute atomic E-state index is 11.4. The zero-order chi connectivity index (χ0) is 13.1. The normalized spacial score (nSPS) is 13.4. The first-order chi connectivity index (χ1) is 7.90. The van der Waals surface area contributed by atoms with Crippen LogP contribution in [0.2, 0.25) is 0 Å². The molecule has 5 heteroatoms. The van der Waals surface area contributed by atoms with E-state index in [1.54, 1.807) is 18.2 Å². The van der Waals surface area contributed by atoms with Gasteiger partial charge in [-0.1, -0.05) is 48.0 Å². The van der Waals surface area contributed by atoms with Crippen LogP contribution >= 0.6 is 15.9 Å².